The maximum atomic E-state index is 12.1. The van der Waals surface area contributed by atoms with E-state index in [-0.39, 0.29) is 40.0 Å². The van der Waals surface area contributed by atoms with Crippen molar-refractivity contribution in [2.45, 2.75) is 37.6 Å². The van der Waals surface area contributed by atoms with Crippen molar-refractivity contribution in [1.29, 1.82) is 0 Å². The second-order valence-electron chi connectivity index (χ2n) is 5.63. The minimum Gasteiger partial charge on any atom is -0.398 e. The van der Waals surface area contributed by atoms with Gasteiger partial charge in [-0.3, -0.25) is 4.79 Å². The van der Waals surface area contributed by atoms with E-state index in [4.69, 9.17) is 17.3 Å². The van der Waals surface area contributed by atoms with Gasteiger partial charge in [-0.25, -0.2) is 13.1 Å². The van der Waals surface area contributed by atoms with Crippen molar-refractivity contribution >= 4 is 33.2 Å². The van der Waals surface area contributed by atoms with Crippen LogP contribution in [0.2, 0.25) is 5.02 Å². The molecule has 6 nitrogen and oxygen atoms in total. The highest BCUT2D eigenvalue weighted by molar-refractivity contribution is 7.89. The van der Waals surface area contributed by atoms with E-state index < -0.39 is 10.0 Å². The SMILES string of the molecule is CC(C)(C)NC(=O)CCNS(=O)(=O)c1cc(Cl)ccc1N. The molecule has 0 bridgehead atoms. The van der Waals surface area contributed by atoms with Gasteiger partial charge in [0.2, 0.25) is 15.9 Å². The predicted molar refractivity (Wildman–Crippen MR) is 83.6 cm³/mol. The van der Waals surface area contributed by atoms with Crippen LogP contribution >= 0.6 is 11.6 Å². The van der Waals surface area contributed by atoms with E-state index in [0.717, 1.165) is 0 Å². The molecule has 0 aliphatic rings. The molecule has 0 heterocycles. The van der Waals surface area contributed by atoms with Crippen LogP contribution in [0.5, 0.6) is 0 Å². The molecule has 0 atom stereocenters. The summed E-state index contributed by atoms with van der Waals surface area (Å²) in [4.78, 5) is 11.5. The molecule has 0 saturated heterocycles. The van der Waals surface area contributed by atoms with Gasteiger partial charge in [0.1, 0.15) is 4.90 Å². The highest BCUT2D eigenvalue weighted by Crippen LogP contribution is 2.22. The summed E-state index contributed by atoms with van der Waals surface area (Å²) in [6, 6.07) is 4.20. The molecule has 1 rings (SSSR count). The number of nitrogens with two attached hydrogens (primary N) is 1. The number of hydrogen-bond donors (Lipinski definition) is 3. The molecule has 1 aromatic carbocycles. The second-order valence-corrected chi connectivity index (χ2v) is 7.80. The maximum absolute atomic E-state index is 12.1. The fourth-order valence-corrected chi connectivity index (χ4v) is 3.02. The normalized spacial score (nSPS) is 12.2. The van der Waals surface area contributed by atoms with Crippen molar-refractivity contribution in [3.05, 3.63) is 23.2 Å². The number of carbonyl (C=O) groups is 1. The van der Waals surface area contributed by atoms with Crippen LogP contribution < -0.4 is 15.8 Å². The van der Waals surface area contributed by atoms with E-state index >= 15 is 0 Å². The number of sulfonamides is 1. The van der Waals surface area contributed by atoms with Crippen molar-refractivity contribution in [3.63, 3.8) is 0 Å². The van der Waals surface area contributed by atoms with Gasteiger partial charge in [-0.2, -0.15) is 0 Å². The summed E-state index contributed by atoms with van der Waals surface area (Å²) >= 11 is 5.77. The van der Waals surface area contributed by atoms with Gasteiger partial charge in [0.25, 0.3) is 0 Å². The zero-order valence-corrected chi connectivity index (χ0v) is 13.8. The van der Waals surface area contributed by atoms with Crippen molar-refractivity contribution in [1.82, 2.24) is 10.0 Å². The zero-order valence-electron chi connectivity index (χ0n) is 12.2. The Labute approximate surface area is 130 Å². The van der Waals surface area contributed by atoms with Gasteiger partial charge in [0.15, 0.2) is 0 Å². The number of benzene rings is 1. The Morgan fingerprint density at radius 2 is 1.95 bits per heavy atom. The molecule has 0 aliphatic heterocycles. The molecule has 0 radical (unpaired) electrons. The smallest absolute Gasteiger partial charge is 0.242 e. The van der Waals surface area contributed by atoms with E-state index in [1.54, 1.807) is 0 Å². The van der Waals surface area contributed by atoms with Crippen molar-refractivity contribution < 1.29 is 13.2 Å². The molecule has 0 saturated carbocycles. The Bertz CT molecular complexity index is 624. The van der Waals surface area contributed by atoms with Gasteiger partial charge in [0.05, 0.1) is 5.69 Å². The third kappa shape index (κ3) is 5.91. The number of hydrogen-bond acceptors (Lipinski definition) is 4. The molecule has 118 valence electrons. The van der Waals surface area contributed by atoms with Gasteiger partial charge in [0, 0.05) is 23.5 Å². The molecule has 21 heavy (non-hydrogen) atoms. The van der Waals surface area contributed by atoms with Gasteiger partial charge >= 0.3 is 0 Å². The van der Waals surface area contributed by atoms with Crippen molar-refractivity contribution in [2.24, 2.45) is 0 Å². The largest absolute Gasteiger partial charge is 0.398 e. The predicted octanol–water partition coefficient (Wildman–Crippen LogP) is 1.51. The first-order valence-corrected chi connectivity index (χ1v) is 8.23. The number of anilines is 1. The first-order chi connectivity index (χ1) is 9.51. The van der Waals surface area contributed by atoms with Crippen LogP contribution in [-0.4, -0.2) is 26.4 Å². The van der Waals surface area contributed by atoms with Crippen LogP contribution in [0.3, 0.4) is 0 Å². The summed E-state index contributed by atoms with van der Waals surface area (Å²) in [5, 5.41) is 3.02. The van der Waals surface area contributed by atoms with Crippen LogP contribution in [0.1, 0.15) is 27.2 Å². The molecular weight excluding hydrogens is 314 g/mol. The fourth-order valence-electron chi connectivity index (χ4n) is 1.60. The van der Waals surface area contributed by atoms with Crippen molar-refractivity contribution in [3.8, 4) is 0 Å². The summed E-state index contributed by atoms with van der Waals surface area (Å²) in [7, 11) is -3.79. The molecule has 4 N–H and O–H groups in total. The molecule has 0 aliphatic carbocycles. The van der Waals surface area contributed by atoms with E-state index in [2.05, 4.69) is 10.0 Å². The quantitative estimate of drug-likeness (QED) is 0.711. The molecule has 1 amide bonds. The zero-order chi connectivity index (χ0) is 16.3. The van der Waals surface area contributed by atoms with Gasteiger partial charge in [-0.15, -0.1) is 0 Å². The number of halogens is 1. The van der Waals surface area contributed by atoms with Crippen LogP contribution in [-0.2, 0) is 14.8 Å². The van der Waals surface area contributed by atoms with Gasteiger partial charge in [-0.05, 0) is 39.0 Å². The Kier molecular flexibility index (Phi) is 5.61. The minimum absolute atomic E-state index is 0.0177. The molecule has 8 heteroatoms. The summed E-state index contributed by atoms with van der Waals surface area (Å²) < 4.78 is 26.5. The summed E-state index contributed by atoms with van der Waals surface area (Å²) in [6.07, 6.45) is 0.0387. The standard InChI is InChI=1S/C13H20ClN3O3S/c1-13(2,3)17-12(18)6-7-16-21(19,20)11-8-9(14)4-5-10(11)15/h4-5,8,16H,6-7,15H2,1-3H3,(H,17,18). The molecule has 0 fully saturated rings. The Hall–Kier alpha value is -1.31. The lowest BCUT2D eigenvalue weighted by Gasteiger charge is -2.20. The fraction of sp³-hybridized carbons (Fsp3) is 0.462. The molecule has 0 unspecified atom stereocenters. The number of carbonyl (C=O) groups excluding carboxylic acids is 1. The first-order valence-electron chi connectivity index (χ1n) is 6.37. The summed E-state index contributed by atoms with van der Waals surface area (Å²) in [6.45, 7) is 5.53. The molecule has 1 aromatic rings. The van der Waals surface area contributed by atoms with Crippen molar-refractivity contribution in [2.75, 3.05) is 12.3 Å². The van der Waals surface area contributed by atoms with Crippen LogP contribution in [0.4, 0.5) is 5.69 Å². The van der Waals surface area contributed by atoms with E-state index in [9.17, 15) is 13.2 Å². The number of nitrogen functional groups attached to an aromatic ring is 1. The average molecular weight is 334 g/mol. The first kappa shape index (κ1) is 17.7. The minimum atomic E-state index is -3.79. The van der Waals surface area contributed by atoms with E-state index in [1.807, 2.05) is 20.8 Å². The van der Waals surface area contributed by atoms with Crippen LogP contribution in [0.15, 0.2) is 23.1 Å². The monoisotopic (exact) mass is 333 g/mol. The molecule has 0 aromatic heterocycles. The van der Waals surface area contributed by atoms with Crippen LogP contribution in [0, 0.1) is 0 Å². The highest BCUT2D eigenvalue weighted by Gasteiger charge is 2.19. The number of amides is 1. The van der Waals surface area contributed by atoms with E-state index in [1.165, 1.54) is 18.2 Å². The van der Waals surface area contributed by atoms with E-state index in [0.29, 0.717) is 0 Å². The summed E-state index contributed by atoms with van der Waals surface area (Å²) in [5.74, 6) is -0.232. The molecule has 0 spiro atoms. The lowest BCUT2D eigenvalue weighted by atomic mass is 10.1. The van der Waals surface area contributed by atoms with Crippen LogP contribution in [0.25, 0.3) is 0 Å². The lowest BCUT2D eigenvalue weighted by Crippen LogP contribution is -2.42. The highest BCUT2D eigenvalue weighted by atomic mass is 35.5. The Balaban J connectivity index is 2.66. The van der Waals surface area contributed by atoms with Gasteiger partial charge < -0.3 is 11.1 Å². The molecular formula is C13H20ClN3O3S. The Morgan fingerprint density at radius 1 is 1.33 bits per heavy atom. The number of rotatable bonds is 5. The number of nitrogens with one attached hydrogen (secondary N) is 2. The van der Waals surface area contributed by atoms with Gasteiger partial charge in [-0.1, -0.05) is 11.6 Å². The summed E-state index contributed by atoms with van der Waals surface area (Å²) in [5.41, 5.74) is 5.38. The average Bonchev–Trinajstić information content (AvgIpc) is 2.29. The Morgan fingerprint density at radius 3 is 2.52 bits per heavy atom. The third-order valence-corrected chi connectivity index (χ3v) is 4.18. The topological polar surface area (TPSA) is 101 Å². The lowest BCUT2D eigenvalue weighted by molar-refractivity contribution is -0.122. The maximum Gasteiger partial charge on any atom is 0.242 e. The third-order valence-electron chi connectivity index (χ3n) is 2.42. The second kappa shape index (κ2) is 6.64.